The van der Waals surface area contributed by atoms with E-state index in [1.54, 1.807) is 0 Å². The Morgan fingerprint density at radius 3 is 2.88 bits per heavy atom. The van der Waals surface area contributed by atoms with Crippen LogP contribution in [0, 0.1) is 5.92 Å². The summed E-state index contributed by atoms with van der Waals surface area (Å²) in [6.45, 7) is 2.68. The van der Waals surface area contributed by atoms with E-state index in [1.165, 1.54) is 12.8 Å². The van der Waals surface area contributed by atoms with Gasteiger partial charge in [-0.2, -0.15) is 0 Å². The van der Waals surface area contributed by atoms with Crippen LogP contribution in [-0.2, 0) is 4.74 Å². The summed E-state index contributed by atoms with van der Waals surface area (Å²) in [5, 5.41) is 7.13. The number of benzene rings is 1. The predicted molar refractivity (Wildman–Crippen MR) is 91.8 cm³/mol. The largest absolute Gasteiger partial charge is 0.459 e. The molecule has 1 aromatic carbocycles. The summed E-state index contributed by atoms with van der Waals surface area (Å²) in [5.41, 5.74) is 0.846. The first-order valence-electron chi connectivity index (χ1n) is 8.86. The fourth-order valence-corrected chi connectivity index (χ4v) is 3.47. The number of para-hydroxylation sites is 1. The van der Waals surface area contributed by atoms with E-state index in [4.69, 9.17) is 9.15 Å². The highest BCUT2D eigenvalue weighted by Crippen LogP contribution is 2.38. The zero-order valence-corrected chi connectivity index (χ0v) is 14.0. The Kier molecular flexibility index (Phi) is 4.19. The topological polar surface area (TPSA) is 63.5 Å². The molecule has 2 heterocycles. The summed E-state index contributed by atoms with van der Waals surface area (Å²) < 4.78 is 11.6. The van der Waals surface area contributed by atoms with Crippen molar-refractivity contribution < 1.29 is 13.9 Å². The maximum atomic E-state index is 12.3. The van der Waals surface area contributed by atoms with Crippen LogP contribution in [0.3, 0.4) is 0 Å². The second-order valence-electron chi connectivity index (χ2n) is 6.99. The monoisotopic (exact) mass is 328 g/mol. The number of hydrogen-bond acceptors (Lipinski definition) is 3. The molecule has 0 unspecified atom stereocenters. The first-order valence-corrected chi connectivity index (χ1v) is 8.86. The van der Waals surface area contributed by atoms with E-state index >= 15 is 0 Å². The molecule has 0 bridgehead atoms. The molecule has 0 spiro atoms. The van der Waals surface area contributed by atoms with Gasteiger partial charge in [0.05, 0.1) is 12.1 Å². The minimum atomic E-state index is -0.170. The molecule has 2 N–H and O–H groups in total. The van der Waals surface area contributed by atoms with Crippen LogP contribution in [0.1, 0.15) is 44.4 Å². The second kappa shape index (κ2) is 6.48. The van der Waals surface area contributed by atoms with E-state index < -0.39 is 0 Å². The second-order valence-corrected chi connectivity index (χ2v) is 6.99. The smallest absolute Gasteiger partial charge is 0.315 e. The third-order valence-electron chi connectivity index (χ3n) is 5.02. The summed E-state index contributed by atoms with van der Waals surface area (Å²) in [4.78, 5) is 12.3. The van der Waals surface area contributed by atoms with E-state index in [0.717, 1.165) is 36.2 Å². The summed E-state index contributed by atoms with van der Waals surface area (Å²) in [7, 11) is 0. The minimum absolute atomic E-state index is 0.135. The van der Waals surface area contributed by atoms with E-state index in [0.29, 0.717) is 12.0 Å². The Balaban J connectivity index is 1.33. The number of carbonyl (C=O) groups is 1. The standard InChI is InChI=1S/C19H24N2O3/c1-12(17-10-14-4-2-3-5-16(14)24-17)20-19(22)21-15-8-9-23-18(11-15)13-6-7-13/h2-5,10,12-13,15,18H,6-9,11H2,1H3,(H2,20,21,22)/t12-,15-,18+/m0/s1. The van der Waals surface area contributed by atoms with Gasteiger partial charge >= 0.3 is 6.03 Å². The van der Waals surface area contributed by atoms with Crippen molar-refractivity contribution in [3.8, 4) is 0 Å². The lowest BCUT2D eigenvalue weighted by Crippen LogP contribution is -2.47. The quantitative estimate of drug-likeness (QED) is 0.898. The van der Waals surface area contributed by atoms with Crippen LogP contribution in [0.5, 0.6) is 0 Å². The Labute approximate surface area is 141 Å². The fourth-order valence-electron chi connectivity index (χ4n) is 3.47. The number of rotatable bonds is 4. The predicted octanol–water partition coefficient (Wildman–Crippen LogP) is 3.75. The Bertz CT molecular complexity index is 689. The van der Waals surface area contributed by atoms with Gasteiger partial charge in [-0.3, -0.25) is 0 Å². The normalized spacial score (nSPS) is 25.4. The molecular formula is C19H24N2O3. The van der Waals surface area contributed by atoms with Crippen LogP contribution in [-0.4, -0.2) is 24.8 Å². The number of hydrogen-bond donors (Lipinski definition) is 2. The van der Waals surface area contributed by atoms with Crippen molar-refractivity contribution in [1.82, 2.24) is 10.6 Å². The van der Waals surface area contributed by atoms with Gasteiger partial charge < -0.3 is 19.8 Å². The molecule has 5 nitrogen and oxygen atoms in total. The van der Waals surface area contributed by atoms with Gasteiger partial charge in [0.2, 0.25) is 0 Å². The molecule has 128 valence electrons. The van der Waals surface area contributed by atoms with Crippen LogP contribution in [0.15, 0.2) is 34.7 Å². The minimum Gasteiger partial charge on any atom is -0.459 e. The molecule has 3 atom stereocenters. The number of urea groups is 1. The van der Waals surface area contributed by atoms with Crippen molar-refractivity contribution in [3.05, 3.63) is 36.1 Å². The number of ether oxygens (including phenoxy) is 1. The molecule has 1 aromatic heterocycles. The zero-order chi connectivity index (χ0) is 16.5. The average molecular weight is 328 g/mol. The van der Waals surface area contributed by atoms with Crippen molar-refractivity contribution in [3.63, 3.8) is 0 Å². The molecular weight excluding hydrogens is 304 g/mol. The van der Waals surface area contributed by atoms with Gasteiger partial charge in [0.1, 0.15) is 11.3 Å². The highest BCUT2D eigenvalue weighted by molar-refractivity contribution is 5.78. The number of fused-ring (bicyclic) bond motifs is 1. The molecule has 1 aliphatic heterocycles. The van der Waals surface area contributed by atoms with Gasteiger partial charge in [0.25, 0.3) is 0 Å². The molecule has 2 aliphatic rings. The lowest BCUT2D eigenvalue weighted by molar-refractivity contribution is -0.00918. The number of amides is 2. The van der Waals surface area contributed by atoms with E-state index in [9.17, 15) is 4.79 Å². The molecule has 24 heavy (non-hydrogen) atoms. The third kappa shape index (κ3) is 3.41. The fraction of sp³-hybridized carbons (Fsp3) is 0.526. The molecule has 2 amide bonds. The molecule has 2 fully saturated rings. The first-order chi connectivity index (χ1) is 11.7. The Hall–Kier alpha value is -2.01. The van der Waals surface area contributed by atoms with Crippen LogP contribution in [0.25, 0.3) is 11.0 Å². The molecule has 1 saturated carbocycles. The first kappa shape index (κ1) is 15.5. The van der Waals surface area contributed by atoms with Crippen molar-refractivity contribution in [1.29, 1.82) is 0 Å². The highest BCUT2D eigenvalue weighted by atomic mass is 16.5. The summed E-state index contributed by atoms with van der Waals surface area (Å²) in [5.74, 6) is 1.49. The SMILES string of the molecule is C[C@H](NC(=O)N[C@H]1CCO[C@@H](C2CC2)C1)c1cc2ccccc2o1. The van der Waals surface area contributed by atoms with Crippen molar-refractivity contribution in [2.75, 3.05) is 6.61 Å². The van der Waals surface area contributed by atoms with Crippen LogP contribution >= 0.6 is 0 Å². The van der Waals surface area contributed by atoms with Crippen LogP contribution in [0.4, 0.5) is 4.79 Å². The number of furan rings is 1. The summed E-state index contributed by atoms with van der Waals surface area (Å²) >= 11 is 0. The molecule has 5 heteroatoms. The van der Waals surface area contributed by atoms with Crippen molar-refractivity contribution in [2.45, 2.75) is 50.8 Å². The molecule has 1 saturated heterocycles. The number of nitrogens with one attached hydrogen (secondary N) is 2. The maximum Gasteiger partial charge on any atom is 0.315 e. The van der Waals surface area contributed by atoms with Gasteiger partial charge in [0, 0.05) is 18.0 Å². The molecule has 2 aromatic rings. The van der Waals surface area contributed by atoms with Gasteiger partial charge in [-0.05, 0) is 50.7 Å². The Morgan fingerprint density at radius 2 is 2.08 bits per heavy atom. The number of carbonyl (C=O) groups excluding carboxylic acids is 1. The van der Waals surface area contributed by atoms with Crippen molar-refractivity contribution >= 4 is 17.0 Å². The average Bonchev–Trinajstić information content (AvgIpc) is 3.33. The molecule has 4 rings (SSSR count). The summed E-state index contributed by atoms with van der Waals surface area (Å²) in [6, 6.07) is 9.75. The van der Waals surface area contributed by atoms with Crippen LogP contribution in [0.2, 0.25) is 0 Å². The van der Waals surface area contributed by atoms with Gasteiger partial charge in [-0.15, -0.1) is 0 Å². The lowest BCUT2D eigenvalue weighted by atomic mass is 10.0. The zero-order valence-electron chi connectivity index (χ0n) is 14.0. The highest BCUT2D eigenvalue weighted by Gasteiger charge is 2.36. The maximum absolute atomic E-state index is 12.3. The third-order valence-corrected chi connectivity index (χ3v) is 5.02. The summed E-state index contributed by atoms with van der Waals surface area (Å²) in [6.07, 6.45) is 4.68. The molecule has 0 radical (unpaired) electrons. The van der Waals surface area contributed by atoms with Gasteiger partial charge in [-0.25, -0.2) is 4.79 Å². The van der Waals surface area contributed by atoms with Gasteiger partial charge in [0.15, 0.2) is 0 Å². The Morgan fingerprint density at radius 1 is 1.25 bits per heavy atom. The van der Waals surface area contributed by atoms with E-state index in [2.05, 4.69) is 10.6 Å². The van der Waals surface area contributed by atoms with E-state index in [1.807, 2.05) is 37.3 Å². The van der Waals surface area contributed by atoms with Crippen LogP contribution < -0.4 is 10.6 Å². The van der Waals surface area contributed by atoms with Gasteiger partial charge in [-0.1, -0.05) is 18.2 Å². The van der Waals surface area contributed by atoms with E-state index in [-0.39, 0.29) is 18.1 Å². The lowest BCUT2D eigenvalue weighted by Gasteiger charge is -2.30. The molecule has 1 aliphatic carbocycles. The van der Waals surface area contributed by atoms with Crippen molar-refractivity contribution in [2.24, 2.45) is 5.92 Å².